The lowest BCUT2D eigenvalue weighted by Crippen LogP contribution is -2.53. The second-order valence-corrected chi connectivity index (χ2v) is 4.55. The van der Waals surface area contributed by atoms with Crippen LogP contribution in [-0.2, 0) is 9.53 Å². The lowest BCUT2D eigenvalue weighted by Gasteiger charge is -2.36. The van der Waals surface area contributed by atoms with Gasteiger partial charge in [-0.15, -0.1) is 0 Å². The van der Waals surface area contributed by atoms with Crippen LogP contribution in [-0.4, -0.2) is 67.2 Å². The van der Waals surface area contributed by atoms with Crippen LogP contribution < -0.4 is 5.73 Å². The number of nitrogens with zero attached hydrogens (tertiary/aromatic N) is 2. The molecule has 16 heavy (non-hydrogen) atoms. The molecule has 2 heterocycles. The second-order valence-electron chi connectivity index (χ2n) is 4.55. The third-order valence-corrected chi connectivity index (χ3v) is 3.56. The van der Waals surface area contributed by atoms with Gasteiger partial charge in [0.1, 0.15) is 6.61 Å². The average molecular weight is 227 g/mol. The zero-order valence-electron chi connectivity index (χ0n) is 9.89. The van der Waals surface area contributed by atoms with Gasteiger partial charge in [-0.25, -0.2) is 0 Å². The number of rotatable bonds is 3. The largest absolute Gasteiger partial charge is 0.365 e. The van der Waals surface area contributed by atoms with E-state index in [0.29, 0.717) is 19.1 Å². The molecule has 0 aromatic carbocycles. The molecule has 2 unspecified atom stereocenters. The van der Waals surface area contributed by atoms with Gasteiger partial charge in [-0.1, -0.05) is 6.92 Å². The first-order valence-electron chi connectivity index (χ1n) is 6.08. The molecular weight excluding hydrogens is 206 g/mol. The molecule has 0 saturated carbocycles. The predicted molar refractivity (Wildman–Crippen MR) is 61.0 cm³/mol. The molecule has 0 bridgehead atoms. The third-order valence-electron chi connectivity index (χ3n) is 3.56. The van der Waals surface area contributed by atoms with E-state index in [-0.39, 0.29) is 18.6 Å². The van der Waals surface area contributed by atoms with Crippen molar-refractivity contribution in [3.05, 3.63) is 0 Å². The summed E-state index contributed by atoms with van der Waals surface area (Å²) in [6.45, 7) is 6.68. The van der Waals surface area contributed by atoms with Gasteiger partial charge in [0.25, 0.3) is 0 Å². The molecule has 0 spiro atoms. The van der Waals surface area contributed by atoms with Gasteiger partial charge < -0.3 is 20.3 Å². The zero-order valence-corrected chi connectivity index (χ0v) is 9.89. The molecule has 2 aliphatic rings. The first-order valence-corrected chi connectivity index (χ1v) is 6.08. The Morgan fingerprint density at radius 3 is 2.94 bits per heavy atom. The first kappa shape index (κ1) is 11.8. The van der Waals surface area contributed by atoms with E-state index in [0.717, 1.165) is 26.1 Å². The summed E-state index contributed by atoms with van der Waals surface area (Å²) >= 11 is 0. The Balaban J connectivity index is 1.94. The second kappa shape index (κ2) is 5.12. The number of morpholine rings is 1. The Kier molecular flexibility index (Phi) is 3.78. The minimum atomic E-state index is 0.0216. The normalized spacial score (nSPS) is 32.4. The van der Waals surface area contributed by atoms with Gasteiger partial charge >= 0.3 is 0 Å². The third kappa shape index (κ3) is 2.36. The molecule has 5 heteroatoms. The highest BCUT2D eigenvalue weighted by Gasteiger charge is 2.34. The molecule has 2 N–H and O–H groups in total. The molecule has 0 aromatic heterocycles. The van der Waals surface area contributed by atoms with Crippen molar-refractivity contribution in [2.45, 2.75) is 25.5 Å². The Morgan fingerprint density at radius 1 is 1.50 bits per heavy atom. The van der Waals surface area contributed by atoms with E-state index in [1.54, 1.807) is 0 Å². The summed E-state index contributed by atoms with van der Waals surface area (Å²) in [6, 6.07) is 0.366. The summed E-state index contributed by atoms with van der Waals surface area (Å²) in [4.78, 5) is 16.1. The summed E-state index contributed by atoms with van der Waals surface area (Å²) < 4.78 is 5.35. The van der Waals surface area contributed by atoms with Crippen LogP contribution in [0.5, 0.6) is 0 Å². The van der Waals surface area contributed by atoms with Gasteiger partial charge in [0, 0.05) is 32.2 Å². The lowest BCUT2D eigenvalue weighted by molar-refractivity contribution is -0.151. The van der Waals surface area contributed by atoms with E-state index in [9.17, 15) is 4.79 Å². The first-order chi connectivity index (χ1) is 7.74. The predicted octanol–water partition coefficient (Wildman–Crippen LogP) is -0.733. The fraction of sp³-hybridized carbons (Fsp3) is 0.909. The highest BCUT2D eigenvalue weighted by molar-refractivity contribution is 5.78. The van der Waals surface area contributed by atoms with E-state index in [1.807, 2.05) is 4.90 Å². The van der Waals surface area contributed by atoms with E-state index in [1.165, 1.54) is 0 Å². The topological polar surface area (TPSA) is 58.8 Å². The molecule has 2 atom stereocenters. The number of amides is 1. The van der Waals surface area contributed by atoms with Gasteiger partial charge in [-0.3, -0.25) is 4.79 Å². The van der Waals surface area contributed by atoms with Crippen LogP contribution >= 0.6 is 0 Å². The van der Waals surface area contributed by atoms with Crippen LogP contribution in [0, 0.1) is 0 Å². The highest BCUT2D eigenvalue weighted by atomic mass is 16.5. The quantitative estimate of drug-likeness (QED) is 0.690. The molecule has 0 radical (unpaired) electrons. The van der Waals surface area contributed by atoms with Gasteiger partial charge in [0.05, 0.1) is 6.10 Å². The minimum Gasteiger partial charge on any atom is -0.365 e. The monoisotopic (exact) mass is 227 g/mol. The fourth-order valence-electron chi connectivity index (χ4n) is 2.50. The Hall–Kier alpha value is -0.650. The van der Waals surface area contributed by atoms with Crippen molar-refractivity contribution < 1.29 is 9.53 Å². The van der Waals surface area contributed by atoms with Crippen LogP contribution in [0.1, 0.15) is 13.3 Å². The summed E-state index contributed by atoms with van der Waals surface area (Å²) in [7, 11) is 0. The Labute approximate surface area is 96.5 Å². The molecular formula is C11H21N3O2. The summed E-state index contributed by atoms with van der Waals surface area (Å²) in [5, 5.41) is 0. The van der Waals surface area contributed by atoms with Gasteiger partial charge in [-0.2, -0.15) is 0 Å². The van der Waals surface area contributed by atoms with Crippen molar-refractivity contribution in [3.8, 4) is 0 Å². The van der Waals surface area contributed by atoms with Gasteiger partial charge in [0.2, 0.25) is 5.91 Å². The molecule has 2 fully saturated rings. The number of carbonyl (C=O) groups is 1. The van der Waals surface area contributed by atoms with Crippen molar-refractivity contribution in [1.82, 2.24) is 9.80 Å². The van der Waals surface area contributed by atoms with Crippen LogP contribution in [0.3, 0.4) is 0 Å². The van der Waals surface area contributed by atoms with E-state index >= 15 is 0 Å². The number of likely N-dealkylation sites (tertiary alicyclic amines) is 1. The van der Waals surface area contributed by atoms with Crippen LogP contribution in [0.4, 0.5) is 0 Å². The van der Waals surface area contributed by atoms with Crippen LogP contribution in [0.25, 0.3) is 0 Å². The molecule has 2 saturated heterocycles. The maximum atomic E-state index is 11.8. The van der Waals surface area contributed by atoms with Crippen molar-refractivity contribution in [3.63, 3.8) is 0 Å². The Bertz CT molecular complexity index is 260. The number of ether oxygens (including phenoxy) is 1. The Morgan fingerprint density at radius 2 is 2.31 bits per heavy atom. The molecule has 1 amide bonds. The number of likely N-dealkylation sites (N-methyl/N-ethyl adjacent to an activating group) is 1. The molecule has 5 nitrogen and oxygen atoms in total. The van der Waals surface area contributed by atoms with E-state index < -0.39 is 0 Å². The number of carbonyl (C=O) groups excluding carboxylic acids is 1. The van der Waals surface area contributed by atoms with Crippen molar-refractivity contribution >= 4 is 5.91 Å². The number of nitrogens with two attached hydrogens (primary N) is 1. The molecule has 2 rings (SSSR count). The minimum absolute atomic E-state index is 0.0216. The lowest BCUT2D eigenvalue weighted by atomic mass is 10.1. The zero-order chi connectivity index (χ0) is 11.5. The number of hydrogen-bond acceptors (Lipinski definition) is 4. The van der Waals surface area contributed by atoms with E-state index in [2.05, 4.69) is 11.8 Å². The standard InChI is InChI=1S/C11H21N3O2/c1-2-13-4-3-9(6-13)14-7-10(5-12)16-8-11(14)15/h9-10H,2-8,12H2,1H3. The fourth-order valence-corrected chi connectivity index (χ4v) is 2.50. The molecule has 2 aliphatic heterocycles. The van der Waals surface area contributed by atoms with Gasteiger partial charge in [-0.05, 0) is 13.0 Å². The van der Waals surface area contributed by atoms with E-state index in [4.69, 9.17) is 10.5 Å². The SMILES string of the molecule is CCN1CCC(N2CC(CN)OCC2=O)C1. The molecule has 0 aromatic rings. The summed E-state index contributed by atoms with van der Waals surface area (Å²) in [6.07, 6.45) is 1.10. The van der Waals surface area contributed by atoms with Crippen LogP contribution in [0.2, 0.25) is 0 Å². The average Bonchev–Trinajstić information content (AvgIpc) is 2.78. The molecule has 92 valence electrons. The molecule has 0 aliphatic carbocycles. The van der Waals surface area contributed by atoms with Gasteiger partial charge in [0.15, 0.2) is 0 Å². The smallest absolute Gasteiger partial charge is 0.248 e. The van der Waals surface area contributed by atoms with Crippen molar-refractivity contribution in [2.24, 2.45) is 5.73 Å². The van der Waals surface area contributed by atoms with Crippen LogP contribution in [0.15, 0.2) is 0 Å². The highest BCUT2D eigenvalue weighted by Crippen LogP contribution is 2.18. The van der Waals surface area contributed by atoms with Crippen molar-refractivity contribution in [2.75, 3.05) is 39.3 Å². The summed E-state index contributed by atoms with van der Waals surface area (Å²) in [5.74, 6) is 0.118. The number of hydrogen-bond donors (Lipinski definition) is 1. The maximum Gasteiger partial charge on any atom is 0.248 e. The van der Waals surface area contributed by atoms with Crippen molar-refractivity contribution in [1.29, 1.82) is 0 Å². The maximum absolute atomic E-state index is 11.8. The summed E-state index contributed by atoms with van der Waals surface area (Å²) in [5.41, 5.74) is 5.59.